The van der Waals surface area contributed by atoms with Crippen molar-refractivity contribution in [3.63, 3.8) is 0 Å². The van der Waals surface area contributed by atoms with Crippen molar-refractivity contribution in [3.05, 3.63) is 20.8 Å². The lowest BCUT2D eigenvalue weighted by Gasteiger charge is -2.22. The molecule has 2 saturated heterocycles. The van der Waals surface area contributed by atoms with Crippen molar-refractivity contribution >= 4 is 15.9 Å². The summed E-state index contributed by atoms with van der Waals surface area (Å²) in [5.41, 5.74) is 0. The van der Waals surface area contributed by atoms with E-state index in [2.05, 4.69) is 15.9 Å². The molecule has 0 aromatic carbocycles. The Morgan fingerprint density at radius 2 is 1.90 bits per heavy atom. The van der Waals surface area contributed by atoms with E-state index in [9.17, 15) is 10.1 Å². The van der Waals surface area contributed by atoms with Gasteiger partial charge in [0.25, 0.3) is 0 Å². The number of hydrogen-bond donors (Lipinski definition) is 0. The minimum atomic E-state index is -0.828. The van der Waals surface area contributed by atoms with Crippen LogP contribution in [-0.2, 0) is 18.9 Å². The molecule has 2 rings (SSSR count). The number of rotatable bonds is 3. The molecule has 3 atom stereocenters. The fourth-order valence-electron chi connectivity index (χ4n) is 2.31. The van der Waals surface area contributed by atoms with Crippen LogP contribution in [0.15, 0.2) is 10.7 Å². The van der Waals surface area contributed by atoms with Gasteiger partial charge in [0.05, 0.1) is 11.5 Å². The number of halogens is 1. The van der Waals surface area contributed by atoms with Gasteiger partial charge in [0.15, 0.2) is 11.6 Å². The third kappa shape index (κ3) is 3.56. The molecule has 2 aliphatic heterocycles. The molecule has 0 aliphatic carbocycles. The molecule has 0 bridgehead atoms. The van der Waals surface area contributed by atoms with E-state index in [1.807, 2.05) is 13.8 Å². The Bertz CT molecular complexity index is 436. The predicted octanol–water partition coefficient (Wildman–Crippen LogP) is 2.17. The summed E-state index contributed by atoms with van der Waals surface area (Å²) in [6.07, 6.45) is 0.0142. The molecule has 0 radical (unpaired) electrons. The molecule has 20 heavy (non-hydrogen) atoms. The largest absolute Gasteiger partial charge is 0.348 e. The van der Waals surface area contributed by atoms with Crippen LogP contribution < -0.4 is 0 Å². The van der Waals surface area contributed by atoms with Gasteiger partial charge in [-0.1, -0.05) is 0 Å². The van der Waals surface area contributed by atoms with Crippen molar-refractivity contribution in [1.82, 2.24) is 0 Å². The van der Waals surface area contributed by atoms with Gasteiger partial charge in [-0.15, -0.1) is 0 Å². The molecular weight excluding hydrogens is 334 g/mol. The van der Waals surface area contributed by atoms with Crippen LogP contribution in [0.25, 0.3) is 0 Å². The first-order chi connectivity index (χ1) is 9.10. The van der Waals surface area contributed by atoms with Gasteiger partial charge in [-0.05, 0) is 27.7 Å². The fourth-order valence-corrected chi connectivity index (χ4v) is 2.57. The van der Waals surface area contributed by atoms with Gasteiger partial charge < -0.3 is 18.9 Å². The zero-order chi connectivity index (χ0) is 15.1. The van der Waals surface area contributed by atoms with E-state index < -0.39 is 28.7 Å². The summed E-state index contributed by atoms with van der Waals surface area (Å²) in [7, 11) is 0. The fraction of sp³-hybridized carbons (Fsp3) is 0.833. The van der Waals surface area contributed by atoms with E-state index in [4.69, 9.17) is 18.9 Å². The van der Waals surface area contributed by atoms with Crippen molar-refractivity contribution in [3.8, 4) is 0 Å². The first-order valence-corrected chi connectivity index (χ1v) is 7.08. The van der Waals surface area contributed by atoms with Gasteiger partial charge >= 0.3 is 4.61 Å². The molecule has 2 heterocycles. The Hall–Kier alpha value is -0.540. The van der Waals surface area contributed by atoms with Crippen LogP contribution >= 0.6 is 15.9 Å². The zero-order valence-electron chi connectivity index (χ0n) is 11.8. The average Bonchev–Trinajstić information content (AvgIpc) is 2.78. The highest BCUT2D eigenvalue weighted by atomic mass is 79.9. The summed E-state index contributed by atoms with van der Waals surface area (Å²) in [6, 6.07) is 0. The molecule has 0 N–H and O–H groups in total. The Labute approximate surface area is 125 Å². The molecule has 0 amide bonds. The van der Waals surface area contributed by atoms with Crippen LogP contribution in [0.1, 0.15) is 27.7 Å². The first kappa shape index (κ1) is 15.8. The van der Waals surface area contributed by atoms with Crippen molar-refractivity contribution in [2.75, 3.05) is 6.61 Å². The van der Waals surface area contributed by atoms with Crippen molar-refractivity contribution in [2.24, 2.45) is 0 Å². The summed E-state index contributed by atoms with van der Waals surface area (Å²) in [5.74, 6) is -1.51. The van der Waals surface area contributed by atoms with Gasteiger partial charge in [-0.2, -0.15) is 0 Å². The maximum Gasteiger partial charge on any atom is 0.309 e. The second-order valence-electron chi connectivity index (χ2n) is 5.68. The van der Waals surface area contributed by atoms with E-state index in [1.54, 1.807) is 13.8 Å². The van der Waals surface area contributed by atoms with E-state index in [1.165, 1.54) is 6.08 Å². The second kappa shape index (κ2) is 5.34. The van der Waals surface area contributed by atoms with Crippen molar-refractivity contribution in [2.45, 2.75) is 57.6 Å². The van der Waals surface area contributed by atoms with Gasteiger partial charge in [0, 0.05) is 22.0 Å². The third-order valence-electron chi connectivity index (χ3n) is 3.04. The molecule has 2 fully saturated rings. The second-order valence-corrected chi connectivity index (χ2v) is 6.49. The lowest BCUT2D eigenvalue weighted by Crippen LogP contribution is -2.37. The molecule has 8 heteroatoms. The van der Waals surface area contributed by atoms with Crippen LogP contribution in [0, 0.1) is 10.1 Å². The number of nitrogens with zero attached hydrogens (tertiary/aromatic N) is 1. The van der Waals surface area contributed by atoms with Gasteiger partial charge in [-0.3, -0.25) is 10.1 Å². The van der Waals surface area contributed by atoms with Crippen LogP contribution in [0.3, 0.4) is 0 Å². The molecular formula is C12H18BrNO6. The lowest BCUT2D eigenvalue weighted by atomic mass is 10.1. The SMILES string of the molecule is CC1(C)OCC(C2OC(C)(C)OC2/C=C(/Br)[N+](=O)[O-])O1. The number of nitro groups is 1. The Morgan fingerprint density at radius 1 is 1.25 bits per heavy atom. The Morgan fingerprint density at radius 3 is 2.40 bits per heavy atom. The quantitative estimate of drug-likeness (QED) is 0.440. The van der Waals surface area contributed by atoms with Gasteiger partial charge in [0.1, 0.15) is 18.3 Å². The van der Waals surface area contributed by atoms with Gasteiger partial charge in [0.2, 0.25) is 0 Å². The summed E-state index contributed by atoms with van der Waals surface area (Å²) >= 11 is 2.90. The predicted molar refractivity (Wildman–Crippen MR) is 72.7 cm³/mol. The molecule has 3 unspecified atom stereocenters. The molecule has 0 aromatic rings. The minimum Gasteiger partial charge on any atom is -0.348 e. The lowest BCUT2D eigenvalue weighted by molar-refractivity contribution is -0.409. The summed E-state index contributed by atoms with van der Waals surface area (Å²) in [4.78, 5) is 10.2. The standard InChI is InChI=1S/C12H18BrNO6/c1-11(2)17-6-8(19-11)10-7(5-9(13)14(15)16)18-12(3,4)20-10/h5,7-8,10H,6H2,1-4H3/b9-5-. The van der Waals surface area contributed by atoms with E-state index >= 15 is 0 Å². The maximum atomic E-state index is 10.7. The minimum absolute atomic E-state index is 0.160. The topological polar surface area (TPSA) is 80.1 Å². The van der Waals surface area contributed by atoms with Crippen molar-refractivity contribution in [1.29, 1.82) is 0 Å². The molecule has 0 aromatic heterocycles. The third-order valence-corrected chi connectivity index (χ3v) is 3.59. The van der Waals surface area contributed by atoms with Gasteiger partial charge in [-0.25, -0.2) is 0 Å². The highest BCUT2D eigenvalue weighted by Crippen LogP contribution is 2.36. The Kier molecular flexibility index (Phi) is 4.23. The monoisotopic (exact) mass is 351 g/mol. The summed E-state index contributed by atoms with van der Waals surface area (Å²) in [6.45, 7) is 7.50. The van der Waals surface area contributed by atoms with Crippen LogP contribution in [-0.4, -0.2) is 41.4 Å². The maximum absolute atomic E-state index is 10.7. The molecule has 0 saturated carbocycles. The molecule has 114 valence electrons. The first-order valence-electron chi connectivity index (χ1n) is 6.29. The van der Waals surface area contributed by atoms with Crippen LogP contribution in [0.2, 0.25) is 0 Å². The summed E-state index contributed by atoms with van der Waals surface area (Å²) < 4.78 is 22.6. The van der Waals surface area contributed by atoms with E-state index in [-0.39, 0.29) is 10.7 Å². The average molecular weight is 352 g/mol. The van der Waals surface area contributed by atoms with E-state index in [0.717, 1.165) is 0 Å². The Balaban J connectivity index is 2.17. The zero-order valence-corrected chi connectivity index (χ0v) is 13.4. The summed E-state index contributed by atoms with van der Waals surface area (Å²) in [5, 5.41) is 10.7. The molecule has 7 nitrogen and oxygen atoms in total. The highest BCUT2D eigenvalue weighted by molar-refractivity contribution is 9.11. The number of ether oxygens (including phenoxy) is 4. The van der Waals surface area contributed by atoms with Crippen LogP contribution in [0.4, 0.5) is 0 Å². The smallest absolute Gasteiger partial charge is 0.309 e. The molecule has 2 aliphatic rings. The van der Waals surface area contributed by atoms with Crippen molar-refractivity contribution < 1.29 is 23.9 Å². The number of hydrogen-bond acceptors (Lipinski definition) is 6. The molecule has 0 spiro atoms. The van der Waals surface area contributed by atoms with E-state index in [0.29, 0.717) is 6.61 Å². The highest BCUT2D eigenvalue weighted by Gasteiger charge is 2.49. The van der Waals surface area contributed by atoms with Crippen LogP contribution in [0.5, 0.6) is 0 Å². The normalized spacial score (nSPS) is 36.2.